The fraction of sp³-hybridized carbons (Fsp3) is 0.333. The molecule has 0 spiro atoms. The zero-order valence-electron chi connectivity index (χ0n) is 31.0. The molecule has 2 bridgehead atoms. The lowest BCUT2D eigenvalue weighted by Crippen LogP contribution is -2.29. The molecule has 1 nitrogen and oxygen atoms in total. The molecule has 0 heterocycles. The summed E-state index contributed by atoms with van der Waals surface area (Å²) in [5.74, 6) is 3.25. The molecule has 0 radical (unpaired) electrons. The van der Waals surface area contributed by atoms with Crippen LogP contribution < -0.4 is 4.90 Å². The van der Waals surface area contributed by atoms with E-state index in [0.29, 0.717) is 5.92 Å². The number of rotatable bonds is 6. The first-order valence-electron chi connectivity index (χ1n) is 20.3. The predicted molar refractivity (Wildman–Crippen MR) is 220 cm³/mol. The molecule has 6 aromatic rings. The van der Waals surface area contributed by atoms with Crippen LogP contribution in [0.3, 0.4) is 0 Å². The molecule has 0 aromatic heterocycles. The van der Waals surface area contributed by atoms with Gasteiger partial charge >= 0.3 is 0 Å². The number of benzene rings is 6. The molecular weight excluding hydrogens is 627 g/mol. The van der Waals surface area contributed by atoms with Crippen molar-refractivity contribution in [3.8, 4) is 22.3 Å². The van der Waals surface area contributed by atoms with Gasteiger partial charge in [0.1, 0.15) is 0 Å². The molecule has 260 valence electrons. The van der Waals surface area contributed by atoms with Crippen molar-refractivity contribution in [2.75, 3.05) is 4.90 Å². The first-order chi connectivity index (χ1) is 25.5. The normalized spacial score (nSPS) is 21.9. The molecular formula is C51H51N. The van der Waals surface area contributed by atoms with Crippen molar-refractivity contribution in [2.24, 2.45) is 11.8 Å². The van der Waals surface area contributed by atoms with Crippen molar-refractivity contribution < 1.29 is 0 Å². The largest absolute Gasteiger partial charge is 0.310 e. The molecule has 5 aliphatic rings. The average molecular weight is 678 g/mol. The van der Waals surface area contributed by atoms with Gasteiger partial charge in [0.05, 0.1) is 0 Å². The van der Waals surface area contributed by atoms with E-state index in [9.17, 15) is 0 Å². The number of hydrogen-bond acceptors (Lipinski definition) is 1. The van der Waals surface area contributed by atoms with Crippen LogP contribution in [-0.2, 0) is 5.41 Å². The second-order valence-corrected chi connectivity index (χ2v) is 17.1. The summed E-state index contributed by atoms with van der Waals surface area (Å²) in [7, 11) is 0. The maximum absolute atomic E-state index is 2.52. The molecule has 4 saturated carbocycles. The van der Waals surface area contributed by atoms with Gasteiger partial charge in [0, 0.05) is 22.5 Å². The molecule has 1 unspecified atom stereocenters. The van der Waals surface area contributed by atoms with Gasteiger partial charge in [0.15, 0.2) is 0 Å². The summed E-state index contributed by atoms with van der Waals surface area (Å²) in [5, 5.41) is 2.60. The highest BCUT2D eigenvalue weighted by Crippen LogP contribution is 2.55. The highest BCUT2D eigenvalue weighted by molar-refractivity contribution is 6.03. The minimum Gasteiger partial charge on any atom is -0.310 e. The summed E-state index contributed by atoms with van der Waals surface area (Å²) in [6, 6.07) is 49.2. The molecule has 52 heavy (non-hydrogen) atoms. The molecule has 6 aromatic carbocycles. The van der Waals surface area contributed by atoms with Gasteiger partial charge in [-0.05, 0) is 147 Å². The van der Waals surface area contributed by atoms with Gasteiger partial charge in [0.25, 0.3) is 0 Å². The lowest BCUT2D eigenvalue weighted by Gasteiger charge is -2.42. The third-order valence-corrected chi connectivity index (χ3v) is 13.9. The average Bonchev–Trinajstić information content (AvgIpc) is 3.44. The zero-order chi connectivity index (χ0) is 34.8. The minimum absolute atomic E-state index is 0.123. The van der Waals surface area contributed by atoms with Gasteiger partial charge in [-0.3, -0.25) is 0 Å². The van der Waals surface area contributed by atoms with Gasteiger partial charge < -0.3 is 4.90 Å². The second-order valence-electron chi connectivity index (χ2n) is 17.1. The number of fused-ring (bicyclic) bond motifs is 7. The van der Waals surface area contributed by atoms with Crippen LogP contribution in [0, 0.1) is 11.8 Å². The summed E-state index contributed by atoms with van der Waals surface area (Å²) in [6.07, 6.45) is 13.9. The Morgan fingerprint density at radius 3 is 1.90 bits per heavy atom. The van der Waals surface area contributed by atoms with E-state index in [-0.39, 0.29) is 5.41 Å². The van der Waals surface area contributed by atoms with E-state index in [0.717, 1.165) is 17.8 Å². The van der Waals surface area contributed by atoms with Crippen molar-refractivity contribution in [2.45, 2.75) is 95.3 Å². The highest BCUT2D eigenvalue weighted by atomic mass is 15.1. The summed E-state index contributed by atoms with van der Waals surface area (Å²) in [5.41, 5.74) is 14.9. The van der Waals surface area contributed by atoms with E-state index in [1.165, 1.54) is 131 Å². The Morgan fingerprint density at radius 1 is 0.519 bits per heavy atom. The number of hydrogen-bond donors (Lipinski definition) is 0. The van der Waals surface area contributed by atoms with Crippen LogP contribution in [0.4, 0.5) is 17.1 Å². The van der Waals surface area contributed by atoms with Crippen LogP contribution in [0.15, 0.2) is 127 Å². The van der Waals surface area contributed by atoms with Crippen LogP contribution in [-0.4, -0.2) is 0 Å². The Balaban J connectivity index is 1.07. The summed E-state index contributed by atoms with van der Waals surface area (Å²) in [4.78, 5) is 2.52. The summed E-state index contributed by atoms with van der Waals surface area (Å²) >= 11 is 0. The Hall–Kier alpha value is -4.62. The topological polar surface area (TPSA) is 3.24 Å². The van der Waals surface area contributed by atoms with Gasteiger partial charge in [-0.1, -0.05) is 137 Å². The Kier molecular flexibility index (Phi) is 7.89. The van der Waals surface area contributed by atoms with E-state index in [4.69, 9.17) is 0 Å². The molecule has 0 amide bonds. The summed E-state index contributed by atoms with van der Waals surface area (Å²) < 4.78 is 0. The standard InChI is InChI=1S/C51H51N/c1-51(2)48-17-9-16-45(44-15-8-13-37-12-6-7-14-43(37)44)50(48)46-31-30-42(33-49(46)51)52(40-26-22-36(23-27-40)35-10-4-3-5-11-35)41-28-24-39(25-29-41)47-32-34-18-20-38(47)21-19-34/h6-9,12-17,22-31,33-35,38,47H,3-5,10-11,18-21,32H2,1-2H3. The minimum atomic E-state index is -0.123. The van der Waals surface area contributed by atoms with Gasteiger partial charge in [-0.25, -0.2) is 0 Å². The van der Waals surface area contributed by atoms with E-state index in [1.807, 2.05) is 0 Å². The number of anilines is 3. The zero-order valence-corrected chi connectivity index (χ0v) is 31.0. The Bertz CT molecular complexity index is 2240. The third kappa shape index (κ3) is 5.34. The van der Waals surface area contributed by atoms with Crippen LogP contribution in [0.1, 0.15) is 112 Å². The van der Waals surface area contributed by atoms with Crippen LogP contribution in [0.25, 0.3) is 33.0 Å². The molecule has 0 saturated heterocycles. The smallest absolute Gasteiger partial charge is 0.0465 e. The van der Waals surface area contributed by atoms with Gasteiger partial charge in [-0.15, -0.1) is 0 Å². The highest BCUT2D eigenvalue weighted by Gasteiger charge is 2.38. The molecule has 4 fully saturated rings. The van der Waals surface area contributed by atoms with Gasteiger partial charge in [-0.2, -0.15) is 0 Å². The van der Waals surface area contributed by atoms with Crippen molar-refractivity contribution >= 4 is 27.8 Å². The van der Waals surface area contributed by atoms with Gasteiger partial charge in [0.2, 0.25) is 0 Å². The molecule has 1 heteroatoms. The van der Waals surface area contributed by atoms with E-state index >= 15 is 0 Å². The fourth-order valence-corrected chi connectivity index (χ4v) is 11.0. The maximum atomic E-state index is 2.52. The van der Waals surface area contributed by atoms with Crippen molar-refractivity contribution in [3.63, 3.8) is 0 Å². The fourth-order valence-electron chi connectivity index (χ4n) is 11.0. The molecule has 0 N–H and O–H groups in total. The molecule has 11 rings (SSSR count). The van der Waals surface area contributed by atoms with Crippen LogP contribution >= 0.6 is 0 Å². The van der Waals surface area contributed by atoms with E-state index < -0.39 is 0 Å². The van der Waals surface area contributed by atoms with E-state index in [1.54, 1.807) is 5.56 Å². The number of nitrogens with zero attached hydrogens (tertiary/aromatic N) is 1. The monoisotopic (exact) mass is 677 g/mol. The van der Waals surface area contributed by atoms with Crippen LogP contribution in [0.5, 0.6) is 0 Å². The predicted octanol–water partition coefficient (Wildman–Crippen LogP) is 14.6. The first kappa shape index (κ1) is 32.1. The van der Waals surface area contributed by atoms with E-state index in [2.05, 4.69) is 146 Å². The van der Waals surface area contributed by atoms with Crippen LogP contribution in [0.2, 0.25) is 0 Å². The SMILES string of the molecule is CC1(C)c2cc(N(c3ccc(C4CCCCC4)cc3)c3ccc(C4CC5CCC4CC5)cc3)ccc2-c2c(-c3cccc4ccccc34)cccc21. The molecule has 5 aliphatic carbocycles. The Morgan fingerprint density at radius 2 is 1.17 bits per heavy atom. The quantitative estimate of drug-likeness (QED) is 0.170. The van der Waals surface area contributed by atoms with Crippen molar-refractivity contribution in [1.82, 2.24) is 0 Å². The Labute approximate surface area is 310 Å². The van der Waals surface area contributed by atoms with Crippen molar-refractivity contribution in [3.05, 3.63) is 150 Å². The maximum Gasteiger partial charge on any atom is 0.0465 e. The molecule has 0 aliphatic heterocycles. The third-order valence-electron chi connectivity index (χ3n) is 13.9. The lowest BCUT2D eigenvalue weighted by atomic mass is 9.63. The summed E-state index contributed by atoms with van der Waals surface area (Å²) in [6.45, 7) is 4.84. The second kappa shape index (κ2) is 12.8. The molecule has 1 atom stereocenters. The first-order valence-corrected chi connectivity index (χ1v) is 20.3. The van der Waals surface area contributed by atoms with Crippen molar-refractivity contribution in [1.29, 1.82) is 0 Å². The lowest BCUT2D eigenvalue weighted by molar-refractivity contribution is 0.145.